The molecule has 0 atom stereocenters. The summed E-state index contributed by atoms with van der Waals surface area (Å²) in [4.78, 5) is 11.9. The van der Waals surface area contributed by atoms with E-state index in [1.807, 2.05) is 0 Å². The first-order valence-electron chi connectivity index (χ1n) is 8.70. The number of urea groups is 1. The van der Waals surface area contributed by atoms with E-state index < -0.39 is 0 Å². The van der Waals surface area contributed by atoms with Crippen molar-refractivity contribution in [1.29, 1.82) is 0 Å². The first kappa shape index (κ1) is 16.9. The van der Waals surface area contributed by atoms with Gasteiger partial charge in [-0.2, -0.15) is 0 Å². The van der Waals surface area contributed by atoms with Gasteiger partial charge in [0, 0.05) is 30.0 Å². The quantitative estimate of drug-likeness (QED) is 0.852. The molecule has 1 aromatic rings. The van der Waals surface area contributed by atoms with Crippen LogP contribution in [0.3, 0.4) is 0 Å². The van der Waals surface area contributed by atoms with E-state index in [2.05, 4.69) is 49.0 Å². The fourth-order valence-electron chi connectivity index (χ4n) is 3.69. The third kappa shape index (κ3) is 4.28. The Kier molecular flexibility index (Phi) is 5.92. The number of rotatable bonds is 5. The molecule has 0 saturated heterocycles. The van der Waals surface area contributed by atoms with Crippen LogP contribution in [0.5, 0.6) is 0 Å². The minimum atomic E-state index is -0.00966. The predicted octanol–water partition coefficient (Wildman–Crippen LogP) is 3.86. The van der Waals surface area contributed by atoms with Gasteiger partial charge in [-0.15, -0.1) is 0 Å². The molecule has 1 saturated carbocycles. The summed E-state index contributed by atoms with van der Waals surface area (Å²) in [5.74, 6) is 0. The van der Waals surface area contributed by atoms with Crippen molar-refractivity contribution in [2.75, 3.05) is 6.54 Å². The fraction of sp³-hybridized carbons (Fsp3) is 0.722. The van der Waals surface area contributed by atoms with Crippen LogP contribution in [0.1, 0.15) is 68.9 Å². The summed E-state index contributed by atoms with van der Waals surface area (Å²) in [7, 11) is 0. The Morgan fingerprint density at radius 1 is 1.27 bits per heavy atom. The number of carbonyl (C=O) groups is 1. The molecule has 1 aliphatic rings. The van der Waals surface area contributed by atoms with E-state index in [1.54, 1.807) is 0 Å². The van der Waals surface area contributed by atoms with Gasteiger partial charge in [0.15, 0.2) is 0 Å². The van der Waals surface area contributed by atoms with Gasteiger partial charge < -0.3 is 15.2 Å². The number of aryl methyl sites for hydroxylation is 1. The molecule has 1 heterocycles. The standard InChI is InChI=1S/C18H31N3O/c1-13(2)21-14(3)12-16(15(21)4)10-11-19-18(22)20-17-8-6-5-7-9-17/h12-13,17H,5-11H2,1-4H3,(H2,19,20,22). The normalized spacial score (nSPS) is 16.0. The Morgan fingerprint density at radius 3 is 2.55 bits per heavy atom. The minimum Gasteiger partial charge on any atom is -0.346 e. The molecule has 0 aromatic carbocycles. The van der Waals surface area contributed by atoms with Crippen molar-refractivity contribution in [3.8, 4) is 0 Å². The maximum atomic E-state index is 11.9. The van der Waals surface area contributed by atoms with Crippen molar-refractivity contribution in [2.45, 2.75) is 78.3 Å². The highest BCUT2D eigenvalue weighted by molar-refractivity contribution is 5.74. The largest absolute Gasteiger partial charge is 0.346 e. The number of hydrogen-bond acceptors (Lipinski definition) is 1. The summed E-state index contributed by atoms with van der Waals surface area (Å²) in [6, 6.07) is 3.09. The van der Waals surface area contributed by atoms with Crippen LogP contribution in [-0.4, -0.2) is 23.2 Å². The maximum absolute atomic E-state index is 11.9. The molecule has 0 bridgehead atoms. The molecule has 0 aliphatic heterocycles. The minimum absolute atomic E-state index is 0.00966. The van der Waals surface area contributed by atoms with Crippen molar-refractivity contribution in [1.82, 2.24) is 15.2 Å². The number of amides is 2. The number of nitrogens with one attached hydrogen (secondary N) is 2. The zero-order chi connectivity index (χ0) is 16.1. The topological polar surface area (TPSA) is 46.1 Å². The SMILES string of the molecule is Cc1cc(CCNC(=O)NC2CCCCC2)c(C)n1C(C)C. The Labute approximate surface area is 134 Å². The molecule has 22 heavy (non-hydrogen) atoms. The first-order valence-corrected chi connectivity index (χ1v) is 8.70. The van der Waals surface area contributed by atoms with Gasteiger partial charge in [-0.25, -0.2) is 4.79 Å². The lowest BCUT2D eigenvalue weighted by Crippen LogP contribution is -2.43. The Morgan fingerprint density at radius 2 is 1.95 bits per heavy atom. The summed E-state index contributed by atoms with van der Waals surface area (Å²) >= 11 is 0. The monoisotopic (exact) mass is 305 g/mol. The molecule has 2 rings (SSSR count). The van der Waals surface area contributed by atoms with E-state index in [-0.39, 0.29) is 6.03 Å². The molecule has 4 heteroatoms. The van der Waals surface area contributed by atoms with Crippen molar-refractivity contribution < 1.29 is 4.79 Å². The van der Waals surface area contributed by atoms with Gasteiger partial charge in [0.1, 0.15) is 0 Å². The van der Waals surface area contributed by atoms with Crippen LogP contribution in [0, 0.1) is 13.8 Å². The third-order valence-electron chi connectivity index (χ3n) is 4.73. The lowest BCUT2D eigenvalue weighted by atomic mass is 9.96. The van der Waals surface area contributed by atoms with Gasteiger partial charge in [-0.3, -0.25) is 0 Å². The Hall–Kier alpha value is -1.45. The Bertz CT molecular complexity index is 499. The summed E-state index contributed by atoms with van der Waals surface area (Å²) < 4.78 is 2.36. The molecule has 2 amide bonds. The molecule has 4 nitrogen and oxygen atoms in total. The summed E-state index contributed by atoms with van der Waals surface area (Å²) in [5.41, 5.74) is 3.96. The molecule has 1 fully saturated rings. The molecule has 2 N–H and O–H groups in total. The highest BCUT2D eigenvalue weighted by atomic mass is 16.2. The van der Waals surface area contributed by atoms with Crippen molar-refractivity contribution in [3.05, 3.63) is 23.0 Å². The average Bonchev–Trinajstić information content (AvgIpc) is 2.74. The number of nitrogens with zero attached hydrogens (tertiary/aromatic N) is 1. The molecule has 0 radical (unpaired) electrons. The van der Waals surface area contributed by atoms with Crippen LogP contribution in [0.15, 0.2) is 6.07 Å². The lowest BCUT2D eigenvalue weighted by Gasteiger charge is -2.22. The third-order valence-corrected chi connectivity index (χ3v) is 4.73. The van der Waals surface area contributed by atoms with Gasteiger partial charge >= 0.3 is 6.03 Å². The zero-order valence-electron chi connectivity index (χ0n) is 14.5. The van der Waals surface area contributed by atoms with Crippen LogP contribution >= 0.6 is 0 Å². The number of carbonyl (C=O) groups excluding carboxylic acids is 1. The van der Waals surface area contributed by atoms with Crippen molar-refractivity contribution in [3.63, 3.8) is 0 Å². The van der Waals surface area contributed by atoms with Crippen molar-refractivity contribution in [2.24, 2.45) is 0 Å². The number of hydrogen-bond donors (Lipinski definition) is 2. The second-order valence-corrected chi connectivity index (χ2v) is 6.85. The fourth-order valence-corrected chi connectivity index (χ4v) is 3.69. The average molecular weight is 305 g/mol. The van der Waals surface area contributed by atoms with E-state index >= 15 is 0 Å². The first-order chi connectivity index (χ1) is 10.5. The van der Waals surface area contributed by atoms with E-state index in [0.717, 1.165) is 19.3 Å². The summed E-state index contributed by atoms with van der Waals surface area (Å²) in [6.45, 7) is 9.43. The molecular weight excluding hydrogens is 274 g/mol. The molecule has 124 valence electrons. The van der Waals surface area contributed by atoms with Crippen LogP contribution in [0.4, 0.5) is 4.79 Å². The summed E-state index contributed by atoms with van der Waals surface area (Å²) in [6.07, 6.45) is 6.94. The van der Waals surface area contributed by atoms with Gasteiger partial charge in [0.2, 0.25) is 0 Å². The summed E-state index contributed by atoms with van der Waals surface area (Å²) in [5, 5.41) is 6.10. The van der Waals surface area contributed by atoms with Gasteiger partial charge in [-0.05, 0) is 58.6 Å². The van der Waals surface area contributed by atoms with Gasteiger partial charge in [0.25, 0.3) is 0 Å². The van der Waals surface area contributed by atoms with E-state index in [0.29, 0.717) is 18.6 Å². The zero-order valence-corrected chi connectivity index (χ0v) is 14.5. The van der Waals surface area contributed by atoms with Gasteiger partial charge in [0.05, 0.1) is 0 Å². The number of aromatic nitrogens is 1. The second-order valence-electron chi connectivity index (χ2n) is 6.85. The Balaban J connectivity index is 1.78. The van der Waals surface area contributed by atoms with E-state index in [4.69, 9.17) is 0 Å². The highest BCUT2D eigenvalue weighted by Gasteiger charge is 2.15. The highest BCUT2D eigenvalue weighted by Crippen LogP contribution is 2.20. The molecule has 1 aliphatic carbocycles. The molecule has 1 aromatic heterocycles. The second kappa shape index (κ2) is 7.70. The van der Waals surface area contributed by atoms with Crippen LogP contribution in [0.2, 0.25) is 0 Å². The van der Waals surface area contributed by atoms with Crippen molar-refractivity contribution >= 4 is 6.03 Å². The predicted molar refractivity (Wildman–Crippen MR) is 91.4 cm³/mol. The smallest absolute Gasteiger partial charge is 0.315 e. The van der Waals surface area contributed by atoms with Crippen LogP contribution in [0.25, 0.3) is 0 Å². The van der Waals surface area contributed by atoms with Crippen LogP contribution in [-0.2, 0) is 6.42 Å². The molecule has 0 spiro atoms. The van der Waals surface area contributed by atoms with E-state index in [9.17, 15) is 4.79 Å². The molecule has 0 unspecified atom stereocenters. The van der Waals surface area contributed by atoms with E-state index in [1.165, 1.54) is 36.2 Å². The lowest BCUT2D eigenvalue weighted by molar-refractivity contribution is 0.233. The van der Waals surface area contributed by atoms with Gasteiger partial charge in [-0.1, -0.05) is 19.3 Å². The van der Waals surface area contributed by atoms with Crippen LogP contribution < -0.4 is 10.6 Å². The molecular formula is C18H31N3O. The maximum Gasteiger partial charge on any atom is 0.315 e.